The third-order valence-electron chi connectivity index (χ3n) is 9.01. The molecule has 4 rings (SSSR count). The van der Waals surface area contributed by atoms with Gasteiger partial charge in [0.25, 0.3) is 0 Å². The van der Waals surface area contributed by atoms with Gasteiger partial charge in [0.15, 0.2) is 5.78 Å². The lowest BCUT2D eigenvalue weighted by atomic mass is 9.46. The summed E-state index contributed by atoms with van der Waals surface area (Å²) in [4.78, 5) is 23.4. The number of carbonyl (C=O) groups excluding carboxylic acids is 2. The lowest BCUT2D eigenvalue weighted by Crippen LogP contribution is -2.51. The molecule has 0 unspecified atom stereocenters. The number of allylic oxidation sites excluding steroid dienone is 1. The van der Waals surface area contributed by atoms with Crippen molar-refractivity contribution in [3.63, 3.8) is 0 Å². The third kappa shape index (κ3) is 2.37. The van der Waals surface area contributed by atoms with Crippen LogP contribution in [-0.2, 0) is 9.59 Å². The van der Waals surface area contributed by atoms with Crippen molar-refractivity contribution >= 4 is 11.8 Å². The van der Waals surface area contributed by atoms with Gasteiger partial charge in [-0.05, 0) is 91.4 Å². The molecule has 7 atom stereocenters. The average Bonchev–Trinajstić information content (AvgIpc) is 2.92. The number of fused-ring (bicyclic) bond motifs is 5. The van der Waals surface area contributed by atoms with Gasteiger partial charge in [0.2, 0.25) is 0 Å². The monoisotopic (exact) mass is 343 g/mol. The number of aliphatic carboxylic acids is 1. The van der Waals surface area contributed by atoms with E-state index in [1.165, 1.54) is 24.8 Å². The molecule has 0 spiro atoms. The Morgan fingerprint density at radius 2 is 1.88 bits per heavy atom. The predicted molar refractivity (Wildman–Crippen MR) is 94.4 cm³/mol. The summed E-state index contributed by atoms with van der Waals surface area (Å²) in [5.74, 6) is 1.39. The molecule has 138 valence electrons. The average molecular weight is 343 g/mol. The highest BCUT2D eigenvalue weighted by molar-refractivity contribution is 5.91. The quantitative estimate of drug-likeness (QED) is 0.771. The van der Waals surface area contributed by atoms with Crippen LogP contribution >= 0.6 is 0 Å². The minimum absolute atomic E-state index is 0.155. The number of rotatable bonds is 2. The topological polar surface area (TPSA) is 57.2 Å². The minimum atomic E-state index is -0.874. The second-order valence-corrected chi connectivity index (χ2v) is 9.80. The third-order valence-corrected chi connectivity index (χ3v) is 9.01. The summed E-state index contributed by atoms with van der Waals surface area (Å²) in [6.07, 6.45) is 10.5. The summed E-state index contributed by atoms with van der Waals surface area (Å²) < 4.78 is 0. The highest BCUT2D eigenvalue weighted by Crippen LogP contribution is 2.67. The van der Waals surface area contributed by atoms with Gasteiger partial charge in [-0.1, -0.05) is 26.3 Å². The lowest BCUT2D eigenvalue weighted by molar-refractivity contribution is -0.314. The van der Waals surface area contributed by atoms with Crippen molar-refractivity contribution in [2.45, 2.75) is 72.1 Å². The predicted octanol–water partition coefficient (Wildman–Crippen LogP) is 3.52. The Hall–Kier alpha value is -1.12. The Morgan fingerprint density at radius 3 is 2.60 bits per heavy atom. The molecule has 4 aliphatic carbocycles. The van der Waals surface area contributed by atoms with Crippen molar-refractivity contribution < 1.29 is 14.7 Å². The number of carboxylic acids is 1. The molecule has 3 saturated carbocycles. The maximum atomic E-state index is 11.9. The smallest absolute Gasteiger partial charge is 0.155 e. The second kappa shape index (κ2) is 5.69. The zero-order valence-corrected chi connectivity index (χ0v) is 15.8. The summed E-state index contributed by atoms with van der Waals surface area (Å²) in [7, 11) is 0. The number of hydrogen-bond donors (Lipinski definition) is 0. The zero-order chi connectivity index (χ0) is 18.0. The van der Waals surface area contributed by atoms with Crippen molar-refractivity contribution in [1.29, 1.82) is 0 Å². The van der Waals surface area contributed by atoms with Crippen LogP contribution in [0.2, 0.25) is 0 Å². The molecule has 4 aliphatic rings. The van der Waals surface area contributed by atoms with E-state index in [9.17, 15) is 14.7 Å². The summed E-state index contributed by atoms with van der Waals surface area (Å²) >= 11 is 0. The second-order valence-electron chi connectivity index (χ2n) is 9.80. The normalized spacial score (nSPS) is 47.3. The fourth-order valence-corrected chi connectivity index (χ4v) is 7.59. The molecule has 0 radical (unpaired) electrons. The molecule has 0 aromatic heterocycles. The highest BCUT2D eigenvalue weighted by atomic mass is 16.4. The molecule has 0 heterocycles. The Morgan fingerprint density at radius 1 is 1.12 bits per heavy atom. The fraction of sp³-hybridized carbons (Fsp3) is 0.818. The minimum Gasteiger partial charge on any atom is -0.550 e. The van der Waals surface area contributed by atoms with Gasteiger partial charge in [0.1, 0.15) is 0 Å². The molecule has 0 aromatic rings. The Balaban J connectivity index is 1.63. The van der Waals surface area contributed by atoms with Crippen molar-refractivity contribution in [2.75, 3.05) is 0 Å². The van der Waals surface area contributed by atoms with E-state index in [4.69, 9.17) is 0 Å². The van der Waals surface area contributed by atoms with Gasteiger partial charge in [-0.15, -0.1) is 0 Å². The van der Waals surface area contributed by atoms with E-state index in [-0.39, 0.29) is 22.7 Å². The van der Waals surface area contributed by atoms with Crippen LogP contribution in [0.15, 0.2) is 11.6 Å². The molecule has 3 heteroatoms. The van der Waals surface area contributed by atoms with Crippen LogP contribution in [0.25, 0.3) is 0 Å². The van der Waals surface area contributed by atoms with Crippen molar-refractivity contribution in [2.24, 2.45) is 40.4 Å². The van der Waals surface area contributed by atoms with Crippen LogP contribution in [0, 0.1) is 40.4 Å². The van der Waals surface area contributed by atoms with Crippen LogP contribution in [0.4, 0.5) is 0 Å². The maximum absolute atomic E-state index is 11.9. The summed E-state index contributed by atoms with van der Waals surface area (Å²) in [5, 5.41) is 11.5. The highest BCUT2D eigenvalue weighted by Gasteiger charge is 2.59. The van der Waals surface area contributed by atoms with Crippen LogP contribution < -0.4 is 5.11 Å². The molecule has 3 fully saturated rings. The molecular weight excluding hydrogens is 312 g/mol. The van der Waals surface area contributed by atoms with E-state index >= 15 is 0 Å². The first-order valence-electron chi connectivity index (χ1n) is 10.2. The standard InChI is InChI=1S/C22H32O3/c1-13(20(24)25)17-6-7-18-16-5-4-14-12-15(23)8-10-21(14,2)19(16)9-11-22(17,18)3/h12-13,16-19H,4-11H2,1-3H3,(H,24,25)/p-1/t13-,16-,17+,18-,19-,21-,22+/m0/s1. The fourth-order valence-electron chi connectivity index (χ4n) is 7.59. The van der Waals surface area contributed by atoms with Gasteiger partial charge in [0.05, 0.1) is 0 Å². The van der Waals surface area contributed by atoms with Crippen LogP contribution in [-0.4, -0.2) is 11.8 Å². The van der Waals surface area contributed by atoms with Gasteiger partial charge >= 0.3 is 0 Å². The molecule has 3 nitrogen and oxygen atoms in total. The Labute approximate surface area is 151 Å². The number of carbonyl (C=O) groups is 2. The molecule has 0 bridgehead atoms. The van der Waals surface area contributed by atoms with Gasteiger partial charge in [0, 0.05) is 12.4 Å². The van der Waals surface area contributed by atoms with E-state index in [2.05, 4.69) is 13.8 Å². The number of ketones is 1. The van der Waals surface area contributed by atoms with Crippen molar-refractivity contribution in [1.82, 2.24) is 0 Å². The van der Waals surface area contributed by atoms with Gasteiger partial charge < -0.3 is 9.90 Å². The first-order valence-corrected chi connectivity index (χ1v) is 10.2. The molecule has 25 heavy (non-hydrogen) atoms. The molecule has 0 saturated heterocycles. The first-order chi connectivity index (χ1) is 11.8. The molecule has 0 aliphatic heterocycles. The van der Waals surface area contributed by atoms with Crippen molar-refractivity contribution in [3.05, 3.63) is 11.6 Å². The number of hydrogen-bond acceptors (Lipinski definition) is 3. The largest absolute Gasteiger partial charge is 0.550 e. The van der Waals surface area contributed by atoms with Gasteiger partial charge in [-0.25, -0.2) is 0 Å². The number of carboxylic acid groups (broad SMARTS) is 1. The van der Waals surface area contributed by atoms with E-state index in [1.54, 1.807) is 0 Å². The molecule has 0 amide bonds. The maximum Gasteiger partial charge on any atom is 0.155 e. The Kier molecular flexibility index (Phi) is 3.94. The molecular formula is C22H31O3-. The lowest BCUT2D eigenvalue weighted by Gasteiger charge is -2.58. The van der Waals surface area contributed by atoms with E-state index in [0.29, 0.717) is 30.0 Å². The summed E-state index contributed by atoms with van der Waals surface area (Å²) in [6, 6.07) is 0. The van der Waals surface area contributed by atoms with Crippen LogP contribution in [0.3, 0.4) is 0 Å². The van der Waals surface area contributed by atoms with E-state index in [1.807, 2.05) is 13.0 Å². The Bertz CT molecular complexity index is 635. The molecule has 0 aromatic carbocycles. The van der Waals surface area contributed by atoms with Gasteiger partial charge in [-0.3, -0.25) is 4.79 Å². The first kappa shape index (κ1) is 17.3. The van der Waals surface area contributed by atoms with E-state index in [0.717, 1.165) is 25.7 Å². The summed E-state index contributed by atoms with van der Waals surface area (Å²) in [6.45, 7) is 6.62. The molecule has 0 N–H and O–H groups in total. The zero-order valence-electron chi connectivity index (χ0n) is 15.8. The van der Waals surface area contributed by atoms with Crippen LogP contribution in [0.5, 0.6) is 0 Å². The van der Waals surface area contributed by atoms with E-state index < -0.39 is 5.97 Å². The van der Waals surface area contributed by atoms with Crippen molar-refractivity contribution in [3.8, 4) is 0 Å². The SMILES string of the molecule is C[C@H](C(=O)[O-])[C@H]1CC[C@H]2[C@@H]3CCC4=CC(=O)CC[C@]4(C)[C@H]3CC[C@]12C. The van der Waals surface area contributed by atoms with Crippen LogP contribution in [0.1, 0.15) is 72.1 Å². The summed E-state index contributed by atoms with van der Waals surface area (Å²) in [5.41, 5.74) is 1.77. The van der Waals surface area contributed by atoms with Gasteiger partial charge in [-0.2, -0.15) is 0 Å².